The van der Waals surface area contributed by atoms with E-state index < -0.39 is 6.10 Å². The van der Waals surface area contributed by atoms with Gasteiger partial charge in [-0.1, -0.05) is 36.4 Å². The van der Waals surface area contributed by atoms with Crippen LogP contribution in [0, 0.1) is 0 Å². The quantitative estimate of drug-likeness (QED) is 0.741. The van der Waals surface area contributed by atoms with Gasteiger partial charge in [-0.25, -0.2) is 0 Å². The molecule has 0 amide bonds. The molecular formula is C18H19N3O2S2. The van der Waals surface area contributed by atoms with Gasteiger partial charge in [0.1, 0.15) is 0 Å². The first-order valence-electron chi connectivity index (χ1n) is 8.26. The Balaban J connectivity index is 1.52. The second-order valence-electron chi connectivity index (χ2n) is 5.96. The molecule has 1 saturated heterocycles. The Kier molecular flexibility index (Phi) is 5.07. The molecule has 130 valence electrons. The summed E-state index contributed by atoms with van der Waals surface area (Å²) >= 11 is 2.99. The van der Waals surface area contributed by atoms with Gasteiger partial charge in [-0.3, -0.25) is 0 Å². The van der Waals surface area contributed by atoms with Crippen LogP contribution in [0.1, 0.15) is 17.4 Å². The average Bonchev–Trinajstić information content (AvgIpc) is 3.35. The summed E-state index contributed by atoms with van der Waals surface area (Å²) in [6.45, 7) is 2.04. The lowest BCUT2D eigenvalue weighted by atomic mass is 10.1. The molecule has 2 atom stereocenters. The molecule has 3 heterocycles. The molecule has 25 heavy (non-hydrogen) atoms. The van der Waals surface area contributed by atoms with Gasteiger partial charge >= 0.3 is 0 Å². The lowest BCUT2D eigenvalue weighted by Crippen LogP contribution is -2.46. The summed E-state index contributed by atoms with van der Waals surface area (Å²) in [7, 11) is 0. The predicted octanol–water partition coefficient (Wildman–Crippen LogP) is 3.60. The first-order chi connectivity index (χ1) is 12.3. The number of hydrogen-bond donors (Lipinski definition) is 1. The van der Waals surface area contributed by atoms with Crippen molar-refractivity contribution in [2.75, 3.05) is 24.7 Å². The summed E-state index contributed by atoms with van der Waals surface area (Å²) in [5, 5.41) is 13.4. The zero-order valence-electron chi connectivity index (χ0n) is 13.6. The monoisotopic (exact) mass is 373 g/mol. The van der Waals surface area contributed by atoms with Gasteiger partial charge < -0.3 is 14.7 Å². The Hall–Kier alpha value is -1.80. The summed E-state index contributed by atoms with van der Waals surface area (Å²) in [6.07, 6.45) is 0.150. The summed E-state index contributed by atoms with van der Waals surface area (Å²) in [4.78, 5) is 7.94. The molecule has 0 spiro atoms. The Morgan fingerprint density at radius 3 is 2.92 bits per heavy atom. The van der Waals surface area contributed by atoms with E-state index in [1.165, 1.54) is 11.5 Å². The maximum absolute atomic E-state index is 10.5. The van der Waals surface area contributed by atoms with Gasteiger partial charge in [-0.05, 0) is 11.4 Å². The van der Waals surface area contributed by atoms with Crippen LogP contribution in [-0.4, -0.2) is 40.3 Å². The van der Waals surface area contributed by atoms with Crippen LogP contribution in [-0.2, 0) is 4.74 Å². The molecule has 2 unspecified atom stereocenters. The van der Waals surface area contributed by atoms with Gasteiger partial charge in [0.15, 0.2) is 5.82 Å². The van der Waals surface area contributed by atoms with Crippen LogP contribution in [0.5, 0.6) is 0 Å². The molecule has 0 radical (unpaired) electrons. The Morgan fingerprint density at radius 2 is 2.12 bits per heavy atom. The summed E-state index contributed by atoms with van der Waals surface area (Å²) in [5.74, 6) is 0.754. The molecule has 0 bridgehead atoms. The predicted molar refractivity (Wildman–Crippen MR) is 101 cm³/mol. The van der Waals surface area contributed by atoms with E-state index in [-0.39, 0.29) is 6.04 Å². The number of ether oxygens (including phenoxy) is 1. The van der Waals surface area contributed by atoms with Crippen molar-refractivity contribution in [2.45, 2.75) is 18.6 Å². The molecular weight excluding hydrogens is 354 g/mol. The van der Waals surface area contributed by atoms with E-state index in [2.05, 4.69) is 9.27 Å². The molecule has 2 aromatic heterocycles. The SMILES string of the molecule is OC(CC1COCCN1c1nc(-c2ccccc2)ns1)c1cccs1. The van der Waals surface area contributed by atoms with E-state index >= 15 is 0 Å². The third kappa shape index (κ3) is 3.74. The average molecular weight is 374 g/mol. The summed E-state index contributed by atoms with van der Waals surface area (Å²) in [5.41, 5.74) is 1.02. The van der Waals surface area contributed by atoms with Crippen molar-refractivity contribution < 1.29 is 9.84 Å². The highest BCUT2D eigenvalue weighted by Gasteiger charge is 2.29. The van der Waals surface area contributed by atoms with Gasteiger partial charge in [0, 0.05) is 34.9 Å². The van der Waals surface area contributed by atoms with Crippen LogP contribution in [0.3, 0.4) is 0 Å². The molecule has 1 aromatic carbocycles. The maximum Gasteiger partial charge on any atom is 0.205 e. The Labute approximate surface area is 154 Å². The largest absolute Gasteiger partial charge is 0.387 e. The minimum absolute atomic E-state index is 0.0995. The fraction of sp³-hybridized carbons (Fsp3) is 0.333. The third-order valence-corrected chi connectivity index (χ3v) is 6.01. The van der Waals surface area contributed by atoms with E-state index in [0.717, 1.165) is 27.9 Å². The molecule has 7 heteroatoms. The molecule has 4 rings (SSSR count). The van der Waals surface area contributed by atoms with Crippen LogP contribution in [0.15, 0.2) is 47.8 Å². The first kappa shape index (κ1) is 16.7. The van der Waals surface area contributed by atoms with Crippen molar-refractivity contribution in [3.8, 4) is 11.4 Å². The zero-order valence-corrected chi connectivity index (χ0v) is 15.2. The number of hydrogen-bond acceptors (Lipinski definition) is 7. The van der Waals surface area contributed by atoms with Crippen LogP contribution in [0.2, 0.25) is 0 Å². The number of aromatic nitrogens is 2. The van der Waals surface area contributed by atoms with E-state index in [1.807, 2.05) is 47.8 Å². The van der Waals surface area contributed by atoms with Crippen molar-refractivity contribution in [3.63, 3.8) is 0 Å². The second kappa shape index (κ2) is 7.61. The molecule has 3 aromatic rings. The van der Waals surface area contributed by atoms with Crippen LogP contribution < -0.4 is 4.90 Å². The van der Waals surface area contributed by atoms with Crippen molar-refractivity contribution in [2.24, 2.45) is 0 Å². The van der Waals surface area contributed by atoms with Gasteiger partial charge in [0.2, 0.25) is 5.13 Å². The Bertz CT molecular complexity index is 792. The zero-order chi connectivity index (χ0) is 17.1. The van der Waals surface area contributed by atoms with Gasteiger partial charge in [0.05, 0.1) is 25.4 Å². The summed E-state index contributed by atoms with van der Waals surface area (Å²) in [6, 6.07) is 14.0. The van der Waals surface area contributed by atoms with Crippen LogP contribution in [0.25, 0.3) is 11.4 Å². The minimum Gasteiger partial charge on any atom is -0.387 e. The number of anilines is 1. The van der Waals surface area contributed by atoms with E-state index in [9.17, 15) is 5.11 Å². The van der Waals surface area contributed by atoms with Gasteiger partial charge in [-0.2, -0.15) is 9.36 Å². The van der Waals surface area contributed by atoms with Gasteiger partial charge in [-0.15, -0.1) is 11.3 Å². The van der Waals surface area contributed by atoms with Crippen molar-refractivity contribution in [3.05, 3.63) is 52.7 Å². The topological polar surface area (TPSA) is 58.5 Å². The maximum atomic E-state index is 10.5. The van der Waals surface area contributed by atoms with Crippen molar-refractivity contribution in [1.29, 1.82) is 0 Å². The first-order valence-corrected chi connectivity index (χ1v) is 9.91. The highest BCUT2D eigenvalue weighted by atomic mass is 32.1. The van der Waals surface area contributed by atoms with Crippen molar-refractivity contribution >= 4 is 28.0 Å². The Morgan fingerprint density at radius 1 is 1.24 bits per heavy atom. The number of benzene rings is 1. The number of aliphatic hydroxyl groups excluding tert-OH is 1. The summed E-state index contributed by atoms with van der Waals surface area (Å²) < 4.78 is 10.2. The van der Waals surface area contributed by atoms with Gasteiger partial charge in [0.25, 0.3) is 0 Å². The van der Waals surface area contributed by atoms with E-state index in [0.29, 0.717) is 19.6 Å². The highest BCUT2D eigenvalue weighted by Crippen LogP contribution is 2.31. The van der Waals surface area contributed by atoms with Crippen LogP contribution >= 0.6 is 22.9 Å². The minimum atomic E-state index is -0.476. The van der Waals surface area contributed by atoms with E-state index in [1.54, 1.807) is 11.3 Å². The second-order valence-corrected chi connectivity index (χ2v) is 7.67. The molecule has 5 nitrogen and oxygen atoms in total. The number of rotatable bonds is 5. The molecule has 1 N–H and O–H groups in total. The van der Waals surface area contributed by atoms with Crippen LogP contribution in [0.4, 0.5) is 5.13 Å². The fourth-order valence-corrected chi connectivity index (χ4v) is 4.50. The normalized spacial score (nSPS) is 19.1. The highest BCUT2D eigenvalue weighted by molar-refractivity contribution is 7.10. The number of aliphatic hydroxyl groups is 1. The van der Waals surface area contributed by atoms with E-state index in [4.69, 9.17) is 9.72 Å². The number of thiophene rings is 1. The molecule has 1 fully saturated rings. The molecule has 0 aliphatic carbocycles. The molecule has 0 saturated carbocycles. The smallest absolute Gasteiger partial charge is 0.205 e. The fourth-order valence-electron chi connectivity index (χ4n) is 2.99. The standard InChI is InChI=1S/C18H19N3O2S2/c22-15(16-7-4-10-24-16)11-14-12-23-9-8-21(14)18-19-17(20-25-18)13-5-2-1-3-6-13/h1-7,10,14-15,22H,8-9,11-12H2. The number of morpholine rings is 1. The third-order valence-electron chi connectivity index (χ3n) is 4.29. The molecule has 1 aliphatic heterocycles. The van der Waals surface area contributed by atoms with Crippen molar-refractivity contribution in [1.82, 2.24) is 9.36 Å². The lowest BCUT2D eigenvalue weighted by molar-refractivity contribution is 0.0688. The molecule has 1 aliphatic rings. The lowest BCUT2D eigenvalue weighted by Gasteiger charge is -2.36. The number of nitrogens with zero attached hydrogens (tertiary/aromatic N) is 3.